The Hall–Kier alpha value is -1.54. The highest BCUT2D eigenvalue weighted by molar-refractivity contribution is 7.90. The van der Waals surface area contributed by atoms with Crippen LogP contribution in [0, 0.1) is 0 Å². The summed E-state index contributed by atoms with van der Waals surface area (Å²) < 4.78 is 66.5. The SMILES string of the molecule is COc1ccc(/C=C/C2CCCN2S(=O)(=O)C(F)(F)F)cc1. The lowest BCUT2D eigenvalue weighted by molar-refractivity contribution is -0.0488. The molecule has 4 nitrogen and oxygen atoms in total. The van der Waals surface area contributed by atoms with E-state index in [4.69, 9.17) is 4.74 Å². The Bertz CT molecular complexity index is 638. The van der Waals surface area contributed by atoms with Crippen LogP contribution in [0.4, 0.5) is 13.2 Å². The quantitative estimate of drug-likeness (QED) is 0.850. The molecule has 0 N–H and O–H groups in total. The third kappa shape index (κ3) is 3.44. The van der Waals surface area contributed by atoms with E-state index in [0.29, 0.717) is 22.9 Å². The Kier molecular flexibility index (Phi) is 4.81. The van der Waals surface area contributed by atoms with Gasteiger partial charge in [0.05, 0.1) is 7.11 Å². The van der Waals surface area contributed by atoms with Crippen LogP contribution >= 0.6 is 0 Å². The first kappa shape index (κ1) is 16.8. The lowest BCUT2D eigenvalue weighted by atomic mass is 10.1. The van der Waals surface area contributed by atoms with Gasteiger partial charge in [-0.15, -0.1) is 0 Å². The fourth-order valence-electron chi connectivity index (χ4n) is 2.33. The third-order valence-electron chi connectivity index (χ3n) is 3.48. The largest absolute Gasteiger partial charge is 0.511 e. The average molecular weight is 335 g/mol. The highest BCUT2D eigenvalue weighted by Gasteiger charge is 2.52. The number of halogens is 3. The minimum atomic E-state index is -5.28. The van der Waals surface area contributed by atoms with Crippen molar-refractivity contribution in [2.75, 3.05) is 13.7 Å². The first-order valence-electron chi connectivity index (χ1n) is 6.66. The zero-order chi connectivity index (χ0) is 16.4. The van der Waals surface area contributed by atoms with Crippen LogP contribution in [0.15, 0.2) is 30.3 Å². The normalized spacial score (nSPS) is 20.6. The molecule has 0 saturated carbocycles. The van der Waals surface area contributed by atoms with Gasteiger partial charge in [0.1, 0.15) is 5.75 Å². The van der Waals surface area contributed by atoms with E-state index in [-0.39, 0.29) is 6.54 Å². The van der Waals surface area contributed by atoms with Crippen LogP contribution in [0.25, 0.3) is 6.08 Å². The van der Waals surface area contributed by atoms with Gasteiger partial charge in [0.25, 0.3) is 0 Å². The van der Waals surface area contributed by atoms with Crippen molar-refractivity contribution in [1.29, 1.82) is 0 Å². The molecule has 1 aromatic carbocycles. The number of hydrogen-bond acceptors (Lipinski definition) is 3. The van der Waals surface area contributed by atoms with Gasteiger partial charge < -0.3 is 4.74 Å². The molecule has 22 heavy (non-hydrogen) atoms. The molecular weight excluding hydrogens is 319 g/mol. The van der Waals surface area contributed by atoms with Crippen molar-refractivity contribution in [3.8, 4) is 5.75 Å². The van der Waals surface area contributed by atoms with Crippen LogP contribution in [-0.2, 0) is 10.0 Å². The van der Waals surface area contributed by atoms with Crippen molar-refractivity contribution in [1.82, 2.24) is 4.31 Å². The van der Waals surface area contributed by atoms with Gasteiger partial charge in [-0.2, -0.15) is 17.5 Å². The molecule has 1 atom stereocenters. The third-order valence-corrected chi connectivity index (χ3v) is 5.13. The number of ether oxygens (including phenoxy) is 1. The Morgan fingerprint density at radius 1 is 1.27 bits per heavy atom. The fraction of sp³-hybridized carbons (Fsp3) is 0.429. The van der Waals surface area contributed by atoms with E-state index in [1.165, 1.54) is 13.2 Å². The van der Waals surface area contributed by atoms with Gasteiger partial charge in [0.15, 0.2) is 0 Å². The predicted octanol–water partition coefficient (Wildman–Crippen LogP) is 3.02. The van der Waals surface area contributed by atoms with E-state index in [1.54, 1.807) is 30.3 Å². The molecule has 1 fully saturated rings. The van der Waals surface area contributed by atoms with Crippen molar-refractivity contribution >= 4 is 16.1 Å². The van der Waals surface area contributed by atoms with Gasteiger partial charge in [0, 0.05) is 12.6 Å². The maximum atomic E-state index is 12.6. The number of benzene rings is 1. The molecular formula is C14H16F3NO3S. The molecule has 1 aliphatic rings. The number of hydrogen-bond donors (Lipinski definition) is 0. The first-order chi connectivity index (χ1) is 10.3. The number of sulfonamides is 1. The summed E-state index contributed by atoms with van der Waals surface area (Å²) in [6.07, 6.45) is 3.90. The van der Waals surface area contributed by atoms with Gasteiger partial charge in [0.2, 0.25) is 0 Å². The summed E-state index contributed by atoms with van der Waals surface area (Å²) in [4.78, 5) is 0. The summed E-state index contributed by atoms with van der Waals surface area (Å²) in [6.45, 7) is -0.112. The second-order valence-electron chi connectivity index (χ2n) is 4.90. The number of methoxy groups -OCH3 is 1. The van der Waals surface area contributed by atoms with E-state index < -0.39 is 21.6 Å². The van der Waals surface area contributed by atoms with Crippen LogP contribution in [0.5, 0.6) is 5.75 Å². The summed E-state index contributed by atoms with van der Waals surface area (Å²) >= 11 is 0. The maximum Gasteiger partial charge on any atom is 0.511 e. The van der Waals surface area contributed by atoms with Crippen molar-refractivity contribution in [3.63, 3.8) is 0 Å². The average Bonchev–Trinajstić information content (AvgIpc) is 2.93. The highest BCUT2D eigenvalue weighted by atomic mass is 32.2. The second-order valence-corrected chi connectivity index (χ2v) is 6.79. The zero-order valence-electron chi connectivity index (χ0n) is 11.9. The number of alkyl halides is 3. The molecule has 0 amide bonds. The van der Waals surface area contributed by atoms with Crippen LogP contribution in [0.3, 0.4) is 0 Å². The maximum absolute atomic E-state index is 12.6. The van der Waals surface area contributed by atoms with Gasteiger partial charge >= 0.3 is 15.5 Å². The van der Waals surface area contributed by atoms with Gasteiger partial charge in [-0.25, -0.2) is 8.42 Å². The summed E-state index contributed by atoms with van der Waals surface area (Å²) in [6, 6.07) is 6.16. The first-order valence-corrected chi connectivity index (χ1v) is 8.10. The highest BCUT2D eigenvalue weighted by Crippen LogP contribution is 2.33. The summed E-state index contributed by atoms with van der Waals surface area (Å²) in [7, 11) is -3.75. The van der Waals surface area contributed by atoms with Crippen molar-refractivity contribution < 1.29 is 26.3 Å². The van der Waals surface area contributed by atoms with Crippen LogP contribution in [0.2, 0.25) is 0 Å². The molecule has 1 saturated heterocycles. The molecule has 1 unspecified atom stereocenters. The molecule has 0 aliphatic carbocycles. The number of nitrogens with zero attached hydrogens (tertiary/aromatic N) is 1. The molecule has 0 bridgehead atoms. The Morgan fingerprint density at radius 3 is 2.45 bits per heavy atom. The molecule has 122 valence electrons. The van der Waals surface area contributed by atoms with Crippen LogP contribution in [0.1, 0.15) is 18.4 Å². The van der Waals surface area contributed by atoms with Crippen molar-refractivity contribution in [2.45, 2.75) is 24.4 Å². The van der Waals surface area contributed by atoms with E-state index in [1.807, 2.05) is 0 Å². The van der Waals surface area contributed by atoms with Crippen LogP contribution in [-0.4, -0.2) is 37.9 Å². The Labute approximate surface area is 127 Å². The molecule has 1 aliphatic heterocycles. The van der Waals surface area contributed by atoms with Crippen molar-refractivity contribution in [3.05, 3.63) is 35.9 Å². The lowest BCUT2D eigenvalue weighted by Crippen LogP contribution is -2.42. The predicted molar refractivity (Wildman–Crippen MR) is 76.7 cm³/mol. The second kappa shape index (κ2) is 6.29. The molecule has 0 radical (unpaired) electrons. The fourth-order valence-corrected chi connectivity index (χ4v) is 3.49. The van der Waals surface area contributed by atoms with Crippen LogP contribution < -0.4 is 4.74 Å². The summed E-state index contributed by atoms with van der Waals surface area (Å²) in [5.74, 6) is 0.666. The summed E-state index contributed by atoms with van der Waals surface area (Å²) in [5, 5.41) is 0. The van der Waals surface area contributed by atoms with Gasteiger partial charge in [-0.05, 0) is 30.5 Å². The number of rotatable bonds is 4. The van der Waals surface area contributed by atoms with E-state index in [2.05, 4.69) is 0 Å². The standard InChI is InChI=1S/C14H16F3NO3S/c1-21-13-8-5-11(6-9-13)4-7-12-3-2-10-18(12)22(19,20)14(15,16)17/h4-9,12H,2-3,10H2,1H3/b7-4+. The van der Waals surface area contributed by atoms with Gasteiger partial charge in [-0.1, -0.05) is 24.3 Å². The molecule has 1 heterocycles. The van der Waals surface area contributed by atoms with E-state index >= 15 is 0 Å². The monoisotopic (exact) mass is 335 g/mol. The van der Waals surface area contributed by atoms with E-state index in [0.717, 1.165) is 5.56 Å². The molecule has 2 rings (SSSR count). The molecule has 0 spiro atoms. The lowest BCUT2D eigenvalue weighted by Gasteiger charge is -2.22. The smallest absolute Gasteiger partial charge is 0.497 e. The Morgan fingerprint density at radius 2 is 1.91 bits per heavy atom. The molecule has 0 aromatic heterocycles. The van der Waals surface area contributed by atoms with Gasteiger partial charge in [-0.3, -0.25) is 0 Å². The minimum absolute atomic E-state index is 0.112. The van der Waals surface area contributed by atoms with Crippen molar-refractivity contribution in [2.24, 2.45) is 0 Å². The van der Waals surface area contributed by atoms with E-state index in [9.17, 15) is 21.6 Å². The zero-order valence-corrected chi connectivity index (χ0v) is 12.7. The Balaban J connectivity index is 2.16. The minimum Gasteiger partial charge on any atom is -0.497 e. The summed E-state index contributed by atoms with van der Waals surface area (Å²) in [5.41, 5.74) is -4.50. The molecule has 1 aromatic rings. The topological polar surface area (TPSA) is 46.6 Å². The molecule has 8 heteroatoms.